The highest BCUT2D eigenvalue weighted by Gasteiger charge is 2.11. The monoisotopic (exact) mass is 448 g/mol. The maximum Gasteiger partial charge on any atom is 0.346 e. The van der Waals surface area contributed by atoms with Crippen molar-refractivity contribution in [1.82, 2.24) is 0 Å². The minimum absolute atomic E-state index is 0.274. The lowest BCUT2D eigenvalue weighted by Crippen LogP contribution is -2.09. The number of rotatable bonds is 7. The van der Waals surface area contributed by atoms with E-state index in [0.717, 1.165) is 32.4 Å². The molecule has 0 saturated carbocycles. The molecule has 4 nitrogen and oxygen atoms in total. The molecule has 0 bridgehead atoms. The summed E-state index contributed by atoms with van der Waals surface area (Å²) in [5.41, 5.74) is 4.01. The molecule has 0 radical (unpaired) electrons. The topological polar surface area (TPSA) is 64.3 Å². The second-order valence-electron chi connectivity index (χ2n) is 7.15. The fourth-order valence-corrected chi connectivity index (χ4v) is 4.19. The molecule has 0 unspecified atom stereocenters. The number of hydrogen-bond acceptors (Lipinski definition) is 4. The van der Waals surface area contributed by atoms with Crippen LogP contribution in [0.25, 0.3) is 18.2 Å². The zero-order chi connectivity index (χ0) is 23.0. The van der Waals surface area contributed by atoms with Gasteiger partial charge in [0.1, 0.15) is 11.6 Å². The number of nitrogens with zero attached hydrogens (tertiary/aromatic N) is 2. The third-order valence-corrected chi connectivity index (χ3v) is 5.90. The average molecular weight is 449 g/mol. The molecular formula is C28H20N2O2S. The number of thiophene rings is 1. The smallest absolute Gasteiger partial charge is 0.346 e. The minimum atomic E-state index is -1.22. The molecule has 33 heavy (non-hydrogen) atoms. The molecule has 0 aliphatic heterocycles. The van der Waals surface area contributed by atoms with Gasteiger partial charge in [0, 0.05) is 26.8 Å². The third kappa shape index (κ3) is 5.45. The summed E-state index contributed by atoms with van der Waals surface area (Å²) in [4.78, 5) is 14.9. The van der Waals surface area contributed by atoms with Crippen LogP contribution >= 0.6 is 11.3 Å². The van der Waals surface area contributed by atoms with Crippen molar-refractivity contribution >= 4 is 52.6 Å². The van der Waals surface area contributed by atoms with E-state index in [1.807, 2.05) is 60.7 Å². The van der Waals surface area contributed by atoms with Crippen LogP contribution in [0.2, 0.25) is 0 Å². The Kier molecular flexibility index (Phi) is 6.79. The number of hydrogen-bond donors (Lipinski definition) is 1. The zero-order valence-corrected chi connectivity index (χ0v) is 18.4. The highest BCUT2D eigenvalue weighted by molar-refractivity contribution is 7.13. The van der Waals surface area contributed by atoms with Crippen molar-refractivity contribution in [3.63, 3.8) is 0 Å². The molecule has 0 saturated heterocycles. The van der Waals surface area contributed by atoms with E-state index in [9.17, 15) is 4.79 Å². The number of carbonyl (C=O) groups is 1. The van der Waals surface area contributed by atoms with Gasteiger partial charge < -0.3 is 10.0 Å². The predicted octanol–water partition coefficient (Wildman–Crippen LogP) is 7.38. The molecule has 0 aliphatic carbocycles. The molecule has 0 atom stereocenters. The highest BCUT2D eigenvalue weighted by Crippen LogP contribution is 2.34. The second-order valence-corrected chi connectivity index (χ2v) is 8.29. The first kappa shape index (κ1) is 21.8. The molecule has 0 spiro atoms. The number of nitriles is 1. The van der Waals surface area contributed by atoms with Gasteiger partial charge in [-0.15, -0.1) is 11.3 Å². The molecule has 1 aromatic heterocycles. The quantitative estimate of drug-likeness (QED) is 0.237. The van der Waals surface area contributed by atoms with Crippen molar-refractivity contribution in [3.05, 3.63) is 118 Å². The van der Waals surface area contributed by atoms with Crippen LogP contribution in [0.1, 0.15) is 15.3 Å². The Hall–Kier alpha value is -4.40. The van der Waals surface area contributed by atoms with Crippen molar-refractivity contribution in [2.24, 2.45) is 0 Å². The standard InChI is InChI=1S/C28H20N2O2S/c29-20-22(28(31)32)19-27-18-17-26(33-27)16-13-21-11-14-25(15-12-21)30(23-7-3-1-4-8-23)24-9-5-2-6-10-24/h1-19H,(H,31,32). The summed E-state index contributed by atoms with van der Waals surface area (Å²) < 4.78 is 0. The predicted molar refractivity (Wildman–Crippen MR) is 136 cm³/mol. The number of aliphatic carboxylic acids is 1. The van der Waals surface area contributed by atoms with E-state index in [1.165, 1.54) is 17.4 Å². The van der Waals surface area contributed by atoms with E-state index < -0.39 is 5.97 Å². The molecule has 1 heterocycles. The van der Waals surface area contributed by atoms with Gasteiger partial charge in [-0.3, -0.25) is 0 Å². The molecule has 4 rings (SSSR count). The Morgan fingerprint density at radius 3 is 1.85 bits per heavy atom. The molecule has 1 N–H and O–H groups in total. The van der Waals surface area contributed by atoms with Gasteiger partial charge in [0.15, 0.2) is 0 Å². The fraction of sp³-hybridized carbons (Fsp3) is 0. The van der Waals surface area contributed by atoms with Crippen LogP contribution in [0, 0.1) is 11.3 Å². The van der Waals surface area contributed by atoms with Crippen LogP contribution in [-0.4, -0.2) is 11.1 Å². The molecule has 0 fully saturated rings. The Bertz CT molecular complexity index is 1290. The number of anilines is 3. The maximum absolute atomic E-state index is 11.0. The zero-order valence-electron chi connectivity index (χ0n) is 17.6. The van der Waals surface area contributed by atoms with E-state index in [-0.39, 0.29) is 5.57 Å². The lowest BCUT2D eigenvalue weighted by atomic mass is 10.1. The minimum Gasteiger partial charge on any atom is -0.477 e. The van der Waals surface area contributed by atoms with Crippen LogP contribution < -0.4 is 4.90 Å². The van der Waals surface area contributed by atoms with Gasteiger partial charge >= 0.3 is 5.97 Å². The number of benzene rings is 3. The van der Waals surface area contributed by atoms with Gasteiger partial charge in [0.05, 0.1) is 0 Å². The summed E-state index contributed by atoms with van der Waals surface area (Å²) in [5.74, 6) is -1.22. The van der Waals surface area contributed by atoms with Gasteiger partial charge in [-0.2, -0.15) is 5.26 Å². The van der Waals surface area contributed by atoms with Crippen molar-refractivity contribution in [2.45, 2.75) is 0 Å². The molecule has 0 amide bonds. The van der Waals surface area contributed by atoms with Crippen molar-refractivity contribution in [2.75, 3.05) is 4.90 Å². The Labute approximate surface area is 196 Å². The maximum atomic E-state index is 11.0. The van der Waals surface area contributed by atoms with Gasteiger partial charge in [-0.05, 0) is 66.2 Å². The van der Waals surface area contributed by atoms with E-state index in [4.69, 9.17) is 10.4 Å². The molecule has 4 aromatic rings. The summed E-state index contributed by atoms with van der Waals surface area (Å²) in [6, 6.07) is 34.2. The highest BCUT2D eigenvalue weighted by atomic mass is 32.1. The summed E-state index contributed by atoms with van der Waals surface area (Å²) in [7, 11) is 0. The molecular weight excluding hydrogens is 428 g/mol. The van der Waals surface area contributed by atoms with Crippen LogP contribution in [0.3, 0.4) is 0 Å². The van der Waals surface area contributed by atoms with E-state index in [2.05, 4.69) is 53.4 Å². The molecule has 3 aromatic carbocycles. The Morgan fingerprint density at radius 1 is 0.758 bits per heavy atom. The third-order valence-electron chi connectivity index (χ3n) is 4.91. The van der Waals surface area contributed by atoms with Crippen molar-refractivity contribution in [3.8, 4) is 6.07 Å². The molecule has 0 aliphatic rings. The van der Waals surface area contributed by atoms with Crippen LogP contribution in [0.15, 0.2) is 103 Å². The van der Waals surface area contributed by atoms with Crippen LogP contribution in [-0.2, 0) is 4.79 Å². The first-order chi connectivity index (χ1) is 16.1. The fourth-order valence-electron chi connectivity index (χ4n) is 3.33. The summed E-state index contributed by atoms with van der Waals surface area (Å²) in [5, 5.41) is 17.9. The van der Waals surface area contributed by atoms with E-state index in [1.54, 1.807) is 6.07 Å². The van der Waals surface area contributed by atoms with Gasteiger partial charge in [-0.25, -0.2) is 4.79 Å². The van der Waals surface area contributed by atoms with Gasteiger partial charge in [-0.1, -0.05) is 54.6 Å². The lowest BCUT2D eigenvalue weighted by molar-refractivity contribution is -0.132. The average Bonchev–Trinajstić information content (AvgIpc) is 3.31. The first-order valence-corrected chi connectivity index (χ1v) is 11.1. The van der Waals surface area contributed by atoms with Crippen LogP contribution in [0.5, 0.6) is 0 Å². The Morgan fingerprint density at radius 2 is 1.30 bits per heavy atom. The largest absolute Gasteiger partial charge is 0.477 e. The molecule has 160 valence electrons. The van der Waals surface area contributed by atoms with Gasteiger partial charge in [0.2, 0.25) is 0 Å². The molecule has 5 heteroatoms. The number of carboxylic acids is 1. The lowest BCUT2D eigenvalue weighted by Gasteiger charge is -2.25. The number of carboxylic acid groups (broad SMARTS) is 1. The summed E-state index contributed by atoms with van der Waals surface area (Å²) in [6.45, 7) is 0. The SMILES string of the molecule is N#CC(=Cc1ccc(C=Cc2ccc(N(c3ccccc3)c3ccccc3)cc2)s1)C(=O)O. The van der Waals surface area contributed by atoms with E-state index in [0.29, 0.717) is 0 Å². The first-order valence-electron chi connectivity index (χ1n) is 10.3. The van der Waals surface area contributed by atoms with Crippen molar-refractivity contribution in [1.29, 1.82) is 5.26 Å². The van der Waals surface area contributed by atoms with E-state index >= 15 is 0 Å². The summed E-state index contributed by atoms with van der Waals surface area (Å²) in [6.07, 6.45) is 5.39. The second kappa shape index (κ2) is 10.3. The van der Waals surface area contributed by atoms with Crippen LogP contribution in [0.4, 0.5) is 17.1 Å². The number of para-hydroxylation sites is 2. The summed E-state index contributed by atoms with van der Waals surface area (Å²) >= 11 is 1.43. The Balaban J connectivity index is 1.55. The van der Waals surface area contributed by atoms with Crippen molar-refractivity contribution < 1.29 is 9.90 Å². The normalized spacial score (nSPS) is 11.3. The van der Waals surface area contributed by atoms with Gasteiger partial charge in [0.25, 0.3) is 0 Å².